The maximum absolute atomic E-state index is 12.1. The summed E-state index contributed by atoms with van der Waals surface area (Å²) in [4.78, 5) is 27.1. The van der Waals surface area contributed by atoms with Crippen LogP contribution in [-0.4, -0.2) is 81.3 Å². The number of carbonyl (C=O) groups is 1. The predicted octanol–water partition coefficient (Wildman–Crippen LogP) is 2.32. The molecule has 204 valence electrons. The molecule has 38 heavy (non-hydrogen) atoms. The summed E-state index contributed by atoms with van der Waals surface area (Å²) in [5.74, 6) is -0.239. The largest absolute Gasteiger partial charge is 0.445 e. The highest BCUT2D eigenvalue weighted by Crippen LogP contribution is 2.44. The van der Waals surface area contributed by atoms with Crippen molar-refractivity contribution in [3.05, 3.63) is 48.5 Å². The topological polar surface area (TPSA) is 139 Å². The average Bonchev–Trinajstić information content (AvgIpc) is 3.54. The molecule has 12 nitrogen and oxygen atoms in total. The third-order valence-electron chi connectivity index (χ3n) is 6.71. The SMILES string of the molecule is CC(CNC(=O)OCc1ccccc1)CN(C)C[C@H]1O[C@@H](n2cnc3c(N)ncnc32)[C@@H]2OC(C)(C)O[C@@H]21. The molecule has 1 amide bonds. The van der Waals surface area contributed by atoms with E-state index in [1.807, 2.05) is 55.8 Å². The van der Waals surface area contributed by atoms with Crippen molar-refractivity contribution in [1.82, 2.24) is 29.7 Å². The normalized spacial score (nSPS) is 25.0. The summed E-state index contributed by atoms with van der Waals surface area (Å²) >= 11 is 0. The Hall–Kier alpha value is -3.32. The Morgan fingerprint density at radius 3 is 2.76 bits per heavy atom. The van der Waals surface area contributed by atoms with E-state index in [9.17, 15) is 4.79 Å². The number of nitrogens with two attached hydrogens (primary N) is 1. The third kappa shape index (κ3) is 5.73. The van der Waals surface area contributed by atoms with Crippen LogP contribution in [0.25, 0.3) is 11.2 Å². The zero-order valence-corrected chi connectivity index (χ0v) is 22.1. The van der Waals surface area contributed by atoms with Gasteiger partial charge in [-0.15, -0.1) is 0 Å². The summed E-state index contributed by atoms with van der Waals surface area (Å²) in [5.41, 5.74) is 8.04. The summed E-state index contributed by atoms with van der Waals surface area (Å²) in [6.45, 7) is 7.97. The van der Waals surface area contributed by atoms with Crippen molar-refractivity contribution in [2.75, 3.05) is 32.4 Å². The van der Waals surface area contributed by atoms with Crippen molar-refractivity contribution in [2.45, 2.75) is 57.7 Å². The minimum atomic E-state index is -0.740. The highest BCUT2D eigenvalue weighted by molar-refractivity contribution is 5.81. The number of benzene rings is 1. The molecule has 2 fully saturated rings. The van der Waals surface area contributed by atoms with E-state index in [4.69, 9.17) is 24.7 Å². The molecule has 0 aliphatic carbocycles. The number of ether oxygens (including phenoxy) is 4. The maximum atomic E-state index is 12.1. The van der Waals surface area contributed by atoms with Crippen LogP contribution in [0.15, 0.2) is 43.0 Å². The minimum Gasteiger partial charge on any atom is -0.445 e. The molecule has 3 aromatic rings. The lowest BCUT2D eigenvalue weighted by molar-refractivity contribution is -0.197. The second-order valence-corrected chi connectivity index (χ2v) is 10.5. The van der Waals surface area contributed by atoms with Gasteiger partial charge in [0.25, 0.3) is 0 Å². The molecule has 3 N–H and O–H groups in total. The van der Waals surface area contributed by atoms with Crippen LogP contribution in [0.4, 0.5) is 10.6 Å². The molecule has 0 radical (unpaired) electrons. The number of imidazole rings is 1. The van der Waals surface area contributed by atoms with Crippen LogP contribution >= 0.6 is 0 Å². The molecule has 1 unspecified atom stereocenters. The van der Waals surface area contributed by atoms with Crippen LogP contribution in [0.2, 0.25) is 0 Å². The van der Waals surface area contributed by atoms with Crippen LogP contribution in [0.3, 0.4) is 0 Å². The third-order valence-corrected chi connectivity index (χ3v) is 6.71. The first-order chi connectivity index (χ1) is 18.2. The average molecular weight is 526 g/mol. The van der Waals surface area contributed by atoms with Crippen molar-refractivity contribution < 1.29 is 23.7 Å². The highest BCUT2D eigenvalue weighted by atomic mass is 16.8. The second kappa shape index (κ2) is 10.8. The molecule has 2 saturated heterocycles. The van der Waals surface area contributed by atoms with Gasteiger partial charge in [0.1, 0.15) is 36.8 Å². The van der Waals surface area contributed by atoms with Crippen molar-refractivity contribution in [2.24, 2.45) is 5.92 Å². The Bertz CT molecular complexity index is 1250. The zero-order valence-electron chi connectivity index (χ0n) is 22.1. The number of nitrogen functional groups attached to an aromatic ring is 1. The van der Waals surface area contributed by atoms with E-state index < -0.39 is 18.1 Å². The number of rotatable bonds is 9. The lowest BCUT2D eigenvalue weighted by Crippen LogP contribution is -2.41. The zero-order chi connectivity index (χ0) is 26.9. The molecule has 0 spiro atoms. The van der Waals surface area contributed by atoms with Gasteiger partial charge in [0, 0.05) is 19.6 Å². The highest BCUT2D eigenvalue weighted by Gasteiger charge is 2.56. The molecule has 2 aliphatic rings. The second-order valence-electron chi connectivity index (χ2n) is 10.5. The monoisotopic (exact) mass is 525 g/mol. The van der Waals surface area contributed by atoms with Gasteiger partial charge in [0.2, 0.25) is 0 Å². The quantitative estimate of drug-likeness (QED) is 0.428. The van der Waals surface area contributed by atoms with Crippen molar-refractivity contribution in [3.8, 4) is 0 Å². The fourth-order valence-corrected chi connectivity index (χ4v) is 5.10. The molecule has 0 saturated carbocycles. The molecule has 0 bridgehead atoms. The van der Waals surface area contributed by atoms with Gasteiger partial charge in [-0.25, -0.2) is 19.7 Å². The predicted molar refractivity (Wildman–Crippen MR) is 139 cm³/mol. The summed E-state index contributed by atoms with van der Waals surface area (Å²) in [5, 5.41) is 2.85. The number of likely N-dealkylation sites (N-methyl/N-ethyl adjacent to an activating group) is 1. The van der Waals surface area contributed by atoms with Crippen molar-refractivity contribution in [1.29, 1.82) is 0 Å². The van der Waals surface area contributed by atoms with E-state index in [1.54, 1.807) is 6.33 Å². The smallest absolute Gasteiger partial charge is 0.407 e. The fraction of sp³-hybridized carbons (Fsp3) is 0.538. The molecule has 5 rings (SSSR count). The Morgan fingerprint density at radius 2 is 1.97 bits per heavy atom. The number of nitrogens with zero attached hydrogens (tertiary/aromatic N) is 5. The first-order valence-corrected chi connectivity index (χ1v) is 12.8. The summed E-state index contributed by atoms with van der Waals surface area (Å²) in [6, 6.07) is 9.60. The van der Waals surface area contributed by atoms with Crippen LogP contribution in [0.5, 0.6) is 0 Å². The molecule has 2 aromatic heterocycles. The Morgan fingerprint density at radius 1 is 1.21 bits per heavy atom. The first-order valence-electron chi connectivity index (χ1n) is 12.8. The number of nitrogens with one attached hydrogen (secondary N) is 1. The first kappa shape index (κ1) is 26.3. The van der Waals surface area contributed by atoms with Gasteiger partial charge in [0.15, 0.2) is 23.5 Å². The standard InChI is InChI=1S/C26H35N7O5/c1-16(10-28-25(34)35-13-17-8-6-5-7-9-17)11-32(4)12-18-20-21(38-26(2,3)37-20)24(36-18)33-15-31-19-22(27)29-14-30-23(19)33/h5-9,14-16,18,20-21,24H,10-13H2,1-4H3,(H,28,34)(H2,27,29,30)/t16?,18-,20-,21-,24-/m1/s1. The lowest BCUT2D eigenvalue weighted by Gasteiger charge is -2.28. The number of alkyl carbamates (subject to hydrolysis) is 1. The number of hydrogen-bond donors (Lipinski definition) is 2. The molecule has 5 atom stereocenters. The van der Waals surface area contributed by atoms with Gasteiger partial charge < -0.3 is 34.9 Å². The van der Waals surface area contributed by atoms with Gasteiger partial charge in [-0.2, -0.15) is 0 Å². The lowest BCUT2D eigenvalue weighted by atomic mass is 10.1. The van der Waals surface area contributed by atoms with Gasteiger partial charge in [0.05, 0.1) is 6.33 Å². The van der Waals surface area contributed by atoms with Crippen LogP contribution < -0.4 is 11.1 Å². The summed E-state index contributed by atoms with van der Waals surface area (Å²) in [7, 11) is 2.03. The molecule has 12 heteroatoms. The molecular weight excluding hydrogens is 490 g/mol. The number of amides is 1. The van der Waals surface area contributed by atoms with E-state index in [0.717, 1.165) is 12.1 Å². The Balaban J connectivity index is 1.16. The van der Waals surface area contributed by atoms with Crippen molar-refractivity contribution >= 4 is 23.1 Å². The van der Waals surface area contributed by atoms with E-state index in [0.29, 0.717) is 30.1 Å². The van der Waals surface area contributed by atoms with Crippen molar-refractivity contribution in [3.63, 3.8) is 0 Å². The fourth-order valence-electron chi connectivity index (χ4n) is 5.10. The van der Waals surface area contributed by atoms with Gasteiger partial charge >= 0.3 is 6.09 Å². The minimum absolute atomic E-state index is 0.187. The van der Waals surface area contributed by atoms with E-state index >= 15 is 0 Å². The molecule has 2 aliphatic heterocycles. The number of hydrogen-bond acceptors (Lipinski definition) is 10. The number of carbonyl (C=O) groups excluding carboxylic acids is 1. The molecular formula is C26H35N7O5. The van der Waals surface area contributed by atoms with E-state index in [-0.39, 0.29) is 30.8 Å². The van der Waals surface area contributed by atoms with E-state index in [2.05, 4.69) is 32.1 Å². The van der Waals surface area contributed by atoms with Gasteiger partial charge in [-0.3, -0.25) is 4.57 Å². The van der Waals surface area contributed by atoms with Gasteiger partial charge in [-0.1, -0.05) is 37.3 Å². The van der Waals surface area contributed by atoms with E-state index in [1.165, 1.54) is 6.33 Å². The molecule has 4 heterocycles. The maximum Gasteiger partial charge on any atom is 0.407 e. The Labute approximate surface area is 221 Å². The summed E-state index contributed by atoms with van der Waals surface area (Å²) < 4.78 is 26.1. The summed E-state index contributed by atoms with van der Waals surface area (Å²) in [6.07, 6.45) is 1.32. The van der Waals surface area contributed by atoms with Crippen LogP contribution in [-0.2, 0) is 25.6 Å². The number of fused-ring (bicyclic) bond motifs is 2. The Kier molecular flexibility index (Phi) is 7.48. The number of anilines is 1. The van der Waals surface area contributed by atoms with Crippen LogP contribution in [0, 0.1) is 5.92 Å². The molecule has 1 aromatic carbocycles. The number of aromatic nitrogens is 4. The van der Waals surface area contributed by atoms with Crippen LogP contribution in [0.1, 0.15) is 32.6 Å². The van der Waals surface area contributed by atoms with Gasteiger partial charge in [-0.05, 0) is 32.4 Å².